The molecular weight excluding hydrogens is 374 g/mol. The number of aliphatic imine (C=N–C) groups is 1. The van der Waals surface area contributed by atoms with Crippen LogP contribution in [0.5, 0.6) is 5.75 Å². The van der Waals surface area contributed by atoms with Gasteiger partial charge in [0.05, 0.1) is 11.1 Å². The highest BCUT2D eigenvalue weighted by molar-refractivity contribution is 9.10. The molecule has 1 unspecified atom stereocenters. The number of ether oxygens (including phenoxy) is 1. The molecule has 0 saturated carbocycles. The maximum Gasteiger partial charge on any atom is 0.135 e. The molecule has 5 rings (SSSR count). The summed E-state index contributed by atoms with van der Waals surface area (Å²) in [6.07, 6.45) is 14.5. The molecule has 122 valence electrons. The van der Waals surface area contributed by atoms with Gasteiger partial charge in [-0.3, -0.25) is 4.99 Å². The summed E-state index contributed by atoms with van der Waals surface area (Å²) in [5.41, 5.74) is 4.34. The van der Waals surface area contributed by atoms with Crippen LogP contribution in [-0.2, 0) is 11.8 Å². The summed E-state index contributed by atoms with van der Waals surface area (Å²) in [6, 6.07) is 12.6. The molecule has 0 amide bonds. The van der Waals surface area contributed by atoms with Crippen molar-refractivity contribution in [1.29, 1.82) is 0 Å². The lowest BCUT2D eigenvalue weighted by atomic mass is 9.75. The minimum absolute atomic E-state index is 0.314. The molecule has 3 heteroatoms. The summed E-state index contributed by atoms with van der Waals surface area (Å²) in [4.78, 5) is 4.80. The highest BCUT2D eigenvalue weighted by Crippen LogP contribution is 2.56. The van der Waals surface area contributed by atoms with Crippen molar-refractivity contribution < 1.29 is 4.74 Å². The first-order valence-corrected chi connectivity index (χ1v) is 9.25. The molecule has 2 aliphatic heterocycles. The lowest BCUT2D eigenvalue weighted by Crippen LogP contribution is -2.22. The number of hydrogen-bond acceptors (Lipinski definition) is 2. The van der Waals surface area contributed by atoms with Crippen molar-refractivity contribution in [2.75, 3.05) is 0 Å². The van der Waals surface area contributed by atoms with Gasteiger partial charge in [-0.15, -0.1) is 0 Å². The van der Waals surface area contributed by atoms with Crippen molar-refractivity contribution in [2.45, 2.75) is 18.3 Å². The predicted octanol–water partition coefficient (Wildman–Crippen LogP) is 5.79. The summed E-state index contributed by atoms with van der Waals surface area (Å²) in [6.45, 7) is 0. The van der Waals surface area contributed by atoms with Gasteiger partial charge in [0.2, 0.25) is 0 Å². The fourth-order valence-electron chi connectivity index (χ4n) is 3.91. The Hall–Kier alpha value is -2.39. The van der Waals surface area contributed by atoms with Crippen LogP contribution in [0, 0.1) is 0 Å². The van der Waals surface area contributed by atoms with Crippen molar-refractivity contribution in [3.63, 3.8) is 0 Å². The van der Waals surface area contributed by atoms with Crippen LogP contribution < -0.4 is 4.74 Å². The first-order valence-electron chi connectivity index (χ1n) is 8.46. The van der Waals surface area contributed by atoms with Crippen LogP contribution in [0.15, 0.2) is 82.0 Å². The summed E-state index contributed by atoms with van der Waals surface area (Å²) in [5.74, 6) is 1.90. The van der Waals surface area contributed by atoms with Crippen LogP contribution in [0.25, 0.3) is 0 Å². The molecule has 0 aromatic heterocycles. The summed E-state index contributed by atoms with van der Waals surface area (Å²) in [5, 5.41) is 0. The second kappa shape index (κ2) is 5.57. The van der Waals surface area contributed by atoms with Gasteiger partial charge in [-0.05, 0) is 35.8 Å². The zero-order chi connectivity index (χ0) is 16.9. The standard InChI is InChI=1S/C22H16BrNO/c23-17-14-18-20-21(16(17)13-15-7-2-1-3-8-15)24-12-6-11-22(20)10-5-4-9-19(22)25-18/h1-3,5-12,14H,4,13H2. The van der Waals surface area contributed by atoms with Gasteiger partial charge < -0.3 is 4.74 Å². The number of allylic oxidation sites excluding steroid dienone is 4. The SMILES string of the molecule is Brc1cc2c3c(c1Cc1ccccc1)N=CC=CC31C=CCC=C1O2. The normalized spacial score (nSPS) is 22.0. The highest BCUT2D eigenvalue weighted by atomic mass is 79.9. The third-order valence-corrected chi connectivity index (χ3v) is 5.76. The Kier molecular flexibility index (Phi) is 3.32. The Balaban J connectivity index is 1.76. The Morgan fingerprint density at radius 2 is 2.04 bits per heavy atom. The molecule has 0 N–H and O–H groups in total. The second-order valence-corrected chi connectivity index (χ2v) is 7.39. The molecule has 0 radical (unpaired) electrons. The van der Waals surface area contributed by atoms with Gasteiger partial charge in [-0.1, -0.05) is 64.5 Å². The summed E-state index contributed by atoms with van der Waals surface area (Å²) < 4.78 is 7.27. The maximum atomic E-state index is 6.22. The fourth-order valence-corrected chi connectivity index (χ4v) is 4.45. The predicted molar refractivity (Wildman–Crippen MR) is 105 cm³/mol. The van der Waals surface area contributed by atoms with E-state index >= 15 is 0 Å². The van der Waals surface area contributed by atoms with Gasteiger partial charge in [0.15, 0.2) is 0 Å². The van der Waals surface area contributed by atoms with Crippen LogP contribution >= 0.6 is 15.9 Å². The third-order valence-electron chi connectivity index (χ3n) is 5.05. The van der Waals surface area contributed by atoms with Gasteiger partial charge in [-0.2, -0.15) is 0 Å². The van der Waals surface area contributed by atoms with Gasteiger partial charge in [0.1, 0.15) is 11.5 Å². The van der Waals surface area contributed by atoms with E-state index in [1.807, 2.05) is 18.4 Å². The van der Waals surface area contributed by atoms with E-state index in [2.05, 4.69) is 70.6 Å². The zero-order valence-electron chi connectivity index (χ0n) is 13.6. The molecule has 2 aromatic carbocycles. The topological polar surface area (TPSA) is 21.6 Å². The average molecular weight is 390 g/mol. The van der Waals surface area contributed by atoms with E-state index < -0.39 is 0 Å². The smallest absolute Gasteiger partial charge is 0.135 e. The first kappa shape index (κ1) is 14.9. The number of rotatable bonds is 2. The molecule has 0 fully saturated rings. The van der Waals surface area contributed by atoms with E-state index in [-0.39, 0.29) is 5.41 Å². The minimum atomic E-state index is -0.314. The molecule has 2 heterocycles. The molecule has 1 atom stereocenters. The van der Waals surface area contributed by atoms with E-state index in [9.17, 15) is 0 Å². The fraction of sp³-hybridized carbons (Fsp3) is 0.136. The molecule has 3 aliphatic rings. The van der Waals surface area contributed by atoms with Gasteiger partial charge in [-0.25, -0.2) is 0 Å². The van der Waals surface area contributed by atoms with E-state index in [1.54, 1.807) is 0 Å². The lowest BCUT2D eigenvalue weighted by molar-refractivity contribution is 0.414. The number of nitrogens with zero attached hydrogens (tertiary/aromatic N) is 1. The molecule has 25 heavy (non-hydrogen) atoms. The molecule has 1 spiro atoms. The number of benzene rings is 2. The molecule has 2 nitrogen and oxygen atoms in total. The Morgan fingerprint density at radius 3 is 2.92 bits per heavy atom. The molecule has 1 aliphatic carbocycles. The number of halogens is 1. The monoisotopic (exact) mass is 389 g/mol. The van der Waals surface area contributed by atoms with E-state index in [0.717, 1.165) is 40.1 Å². The van der Waals surface area contributed by atoms with Crippen LogP contribution in [-0.4, -0.2) is 6.21 Å². The number of hydrogen-bond donors (Lipinski definition) is 0. The highest BCUT2D eigenvalue weighted by Gasteiger charge is 2.45. The first-order chi connectivity index (χ1) is 12.3. The second-order valence-electron chi connectivity index (χ2n) is 6.54. The van der Waals surface area contributed by atoms with Crippen molar-refractivity contribution >= 4 is 27.8 Å². The maximum absolute atomic E-state index is 6.22. The summed E-state index contributed by atoms with van der Waals surface area (Å²) in [7, 11) is 0. The van der Waals surface area contributed by atoms with Gasteiger partial charge in [0, 0.05) is 22.7 Å². The molecule has 2 aromatic rings. The molecular formula is C22H16BrNO. The molecule has 0 bridgehead atoms. The van der Waals surface area contributed by atoms with E-state index in [4.69, 9.17) is 9.73 Å². The minimum Gasteiger partial charge on any atom is -0.460 e. The lowest BCUT2D eigenvalue weighted by Gasteiger charge is -2.25. The van der Waals surface area contributed by atoms with Crippen molar-refractivity contribution in [3.05, 3.63) is 93.7 Å². The van der Waals surface area contributed by atoms with Crippen molar-refractivity contribution in [3.8, 4) is 5.75 Å². The zero-order valence-corrected chi connectivity index (χ0v) is 15.2. The van der Waals surface area contributed by atoms with Gasteiger partial charge >= 0.3 is 0 Å². The van der Waals surface area contributed by atoms with Crippen LogP contribution in [0.4, 0.5) is 5.69 Å². The Bertz CT molecular complexity index is 985. The van der Waals surface area contributed by atoms with Crippen molar-refractivity contribution in [2.24, 2.45) is 4.99 Å². The molecule has 0 saturated heterocycles. The van der Waals surface area contributed by atoms with Crippen LogP contribution in [0.1, 0.15) is 23.1 Å². The van der Waals surface area contributed by atoms with Crippen molar-refractivity contribution in [1.82, 2.24) is 0 Å². The van der Waals surface area contributed by atoms with Crippen LogP contribution in [0.2, 0.25) is 0 Å². The van der Waals surface area contributed by atoms with Gasteiger partial charge in [0.25, 0.3) is 0 Å². The largest absolute Gasteiger partial charge is 0.460 e. The van der Waals surface area contributed by atoms with E-state index in [1.165, 1.54) is 11.1 Å². The third kappa shape index (κ3) is 2.19. The van der Waals surface area contributed by atoms with Crippen LogP contribution in [0.3, 0.4) is 0 Å². The quantitative estimate of drug-likeness (QED) is 0.595. The Labute approximate surface area is 155 Å². The van der Waals surface area contributed by atoms with E-state index in [0.29, 0.717) is 0 Å². The summed E-state index contributed by atoms with van der Waals surface area (Å²) >= 11 is 3.75. The Morgan fingerprint density at radius 1 is 1.16 bits per heavy atom. The average Bonchev–Trinajstić information content (AvgIpc) is 2.83.